The zero-order valence-corrected chi connectivity index (χ0v) is 14.9. The fraction of sp³-hybridized carbons (Fsp3) is 0.353. The number of benzene rings is 1. The minimum absolute atomic E-state index is 0.0415. The lowest BCUT2D eigenvalue weighted by atomic mass is 10.2. The fourth-order valence-corrected chi connectivity index (χ4v) is 2.90. The van der Waals surface area contributed by atoms with E-state index in [1.54, 1.807) is 31.2 Å². The van der Waals surface area contributed by atoms with Crippen molar-refractivity contribution in [2.45, 2.75) is 27.7 Å². The molecule has 0 N–H and O–H groups in total. The largest absolute Gasteiger partial charge is 0.497 e. The summed E-state index contributed by atoms with van der Waals surface area (Å²) >= 11 is 6.29. The number of esters is 1. The smallest absolute Gasteiger partial charge is 0.386 e. The molecule has 0 saturated carbocycles. The van der Waals surface area contributed by atoms with Gasteiger partial charge in [0.1, 0.15) is 17.3 Å². The number of rotatable bonds is 4. The molecule has 1 heterocycles. The number of carbonyl (C=O) groups is 2. The highest BCUT2D eigenvalue weighted by Gasteiger charge is 2.53. The number of quaternary nitrogens is 1. The molecule has 1 aliphatic heterocycles. The van der Waals surface area contributed by atoms with Crippen LogP contribution in [0, 0.1) is 0 Å². The average molecular weight is 352 g/mol. The minimum Gasteiger partial charge on any atom is -0.497 e. The molecule has 0 radical (unpaired) electrons. The predicted molar refractivity (Wildman–Crippen MR) is 92.3 cm³/mol. The number of hydrogen-bond donors (Lipinski definition) is 0. The number of nitrogens with zero attached hydrogens (tertiary/aromatic N) is 2. The lowest BCUT2D eigenvalue weighted by molar-refractivity contribution is -0.133. The first-order valence-electron chi connectivity index (χ1n) is 7.68. The molecule has 0 bridgehead atoms. The number of para-hydroxylation sites is 1. The molecule has 1 aromatic rings. The van der Waals surface area contributed by atoms with Gasteiger partial charge in [0.2, 0.25) is 0 Å². The van der Waals surface area contributed by atoms with Gasteiger partial charge in [-0.15, -0.1) is 0 Å². The second-order valence-electron chi connectivity index (χ2n) is 5.21. The monoisotopic (exact) mass is 351 g/mol. The van der Waals surface area contributed by atoms with Gasteiger partial charge < -0.3 is 9.47 Å². The second-order valence-corrected chi connectivity index (χ2v) is 5.61. The Morgan fingerprint density at radius 1 is 1.25 bits per heavy atom. The maximum Gasteiger partial charge on any atom is 0.386 e. The summed E-state index contributed by atoms with van der Waals surface area (Å²) in [5.41, 5.74) is 0.685. The van der Waals surface area contributed by atoms with Crippen molar-refractivity contribution in [2.24, 2.45) is 5.10 Å². The zero-order chi connectivity index (χ0) is 17.9. The number of ether oxygens (including phenoxy) is 2. The normalized spacial score (nSPS) is 22.2. The number of halogens is 1. The van der Waals surface area contributed by atoms with Crippen LogP contribution in [0.1, 0.15) is 27.7 Å². The summed E-state index contributed by atoms with van der Waals surface area (Å²) in [6.07, 6.45) is 0. The van der Waals surface area contributed by atoms with Crippen LogP contribution >= 0.6 is 11.6 Å². The van der Waals surface area contributed by atoms with Crippen LogP contribution in [0.25, 0.3) is 0 Å². The highest BCUT2D eigenvalue weighted by atomic mass is 35.5. The van der Waals surface area contributed by atoms with E-state index in [9.17, 15) is 9.59 Å². The van der Waals surface area contributed by atoms with Crippen LogP contribution in [-0.4, -0.2) is 30.9 Å². The maximum atomic E-state index is 13.2. The van der Waals surface area contributed by atoms with Gasteiger partial charge in [0.25, 0.3) is 5.90 Å². The molecular weight excluding hydrogens is 332 g/mol. The van der Waals surface area contributed by atoms with Gasteiger partial charge in [0.15, 0.2) is 11.3 Å². The summed E-state index contributed by atoms with van der Waals surface area (Å²) in [6, 6.07) is 6.98. The molecule has 7 heteroatoms. The first kappa shape index (κ1) is 18.2. The van der Waals surface area contributed by atoms with Crippen molar-refractivity contribution in [3.8, 4) is 0 Å². The third kappa shape index (κ3) is 3.07. The summed E-state index contributed by atoms with van der Waals surface area (Å²) < 4.78 is 10.2. The van der Waals surface area contributed by atoms with E-state index >= 15 is 0 Å². The summed E-state index contributed by atoms with van der Waals surface area (Å²) in [5.74, 6) is -0.574. The molecular formula is C17H20ClN2O4+. The first-order chi connectivity index (χ1) is 11.4. The van der Waals surface area contributed by atoms with E-state index in [0.717, 1.165) is 0 Å². The Morgan fingerprint density at radius 3 is 2.46 bits per heavy atom. The molecule has 128 valence electrons. The SMILES string of the molecule is CCO/C(C)=C1/C(=O)[N+](CC)(c2ccccc2Cl)N=C1OC(C)=O. The van der Waals surface area contributed by atoms with Crippen molar-refractivity contribution in [1.29, 1.82) is 0 Å². The zero-order valence-electron chi connectivity index (χ0n) is 14.1. The van der Waals surface area contributed by atoms with Crippen molar-refractivity contribution in [1.82, 2.24) is 4.59 Å². The molecule has 24 heavy (non-hydrogen) atoms. The Morgan fingerprint density at radius 2 is 1.92 bits per heavy atom. The first-order valence-corrected chi connectivity index (χ1v) is 8.05. The number of allylic oxidation sites excluding steroid dienone is 1. The van der Waals surface area contributed by atoms with Crippen molar-refractivity contribution in [3.05, 3.63) is 40.6 Å². The molecule has 0 aromatic heterocycles. The van der Waals surface area contributed by atoms with Gasteiger partial charge in [-0.1, -0.05) is 28.3 Å². The van der Waals surface area contributed by atoms with E-state index in [2.05, 4.69) is 5.10 Å². The molecule has 2 rings (SSSR count). The summed E-state index contributed by atoms with van der Waals surface area (Å²) in [7, 11) is 0. The van der Waals surface area contributed by atoms with Crippen LogP contribution in [0.4, 0.5) is 5.69 Å². The molecule has 0 aliphatic carbocycles. The topological polar surface area (TPSA) is 65.0 Å². The Balaban J connectivity index is 2.68. The third-order valence-corrected chi connectivity index (χ3v) is 4.01. The van der Waals surface area contributed by atoms with Crippen LogP contribution in [0.2, 0.25) is 5.02 Å². The van der Waals surface area contributed by atoms with Gasteiger partial charge in [0, 0.05) is 13.0 Å². The van der Waals surface area contributed by atoms with Crippen molar-refractivity contribution in [3.63, 3.8) is 0 Å². The Bertz CT molecular complexity index is 742. The molecule has 1 unspecified atom stereocenters. The van der Waals surface area contributed by atoms with Gasteiger partial charge in [-0.05, 0) is 31.9 Å². The van der Waals surface area contributed by atoms with E-state index in [4.69, 9.17) is 21.1 Å². The molecule has 0 fully saturated rings. The number of likely N-dealkylation sites (N-methyl/N-ethyl adjacent to an activating group) is 1. The van der Waals surface area contributed by atoms with Gasteiger partial charge in [0.05, 0.1) is 6.61 Å². The Labute approximate surface area is 145 Å². The second kappa shape index (κ2) is 7.15. The minimum atomic E-state index is -0.557. The van der Waals surface area contributed by atoms with Gasteiger partial charge in [-0.25, -0.2) is 4.79 Å². The molecule has 0 spiro atoms. The number of amides is 1. The van der Waals surface area contributed by atoms with E-state index in [0.29, 0.717) is 29.6 Å². The van der Waals surface area contributed by atoms with E-state index in [1.807, 2.05) is 13.8 Å². The van der Waals surface area contributed by atoms with Crippen LogP contribution < -0.4 is 4.59 Å². The molecule has 0 saturated heterocycles. The molecule has 1 atom stereocenters. The van der Waals surface area contributed by atoms with Crippen molar-refractivity contribution < 1.29 is 19.1 Å². The number of carbonyl (C=O) groups excluding carboxylic acids is 2. The molecule has 6 nitrogen and oxygen atoms in total. The molecule has 1 amide bonds. The van der Waals surface area contributed by atoms with Crippen LogP contribution in [-0.2, 0) is 19.1 Å². The molecule has 1 aliphatic rings. The standard InChI is InChI=1S/C17H20ClN2O4/c1-5-20(14-10-8-7-9-13(14)18)17(22)15(11(3)23-6-2)16(19-20)24-12(4)21/h7-10H,5-6H2,1-4H3/q+1/b15-11+. The van der Waals surface area contributed by atoms with E-state index in [1.165, 1.54) is 6.92 Å². The summed E-state index contributed by atoms with van der Waals surface area (Å²) in [6.45, 7) is 7.23. The van der Waals surface area contributed by atoms with Crippen molar-refractivity contribution in [2.75, 3.05) is 13.2 Å². The van der Waals surface area contributed by atoms with Crippen molar-refractivity contribution >= 4 is 35.1 Å². The molecule has 1 aromatic carbocycles. The highest BCUT2D eigenvalue weighted by Crippen LogP contribution is 2.38. The quantitative estimate of drug-likeness (QED) is 0.361. The lowest BCUT2D eigenvalue weighted by Gasteiger charge is -2.24. The van der Waals surface area contributed by atoms with Crippen LogP contribution in [0.3, 0.4) is 0 Å². The predicted octanol–water partition coefficient (Wildman–Crippen LogP) is 3.39. The van der Waals surface area contributed by atoms with E-state index < -0.39 is 10.6 Å². The fourth-order valence-electron chi connectivity index (χ4n) is 2.62. The lowest BCUT2D eigenvalue weighted by Crippen LogP contribution is -2.47. The van der Waals surface area contributed by atoms with E-state index in [-0.39, 0.29) is 17.4 Å². The third-order valence-electron chi connectivity index (χ3n) is 3.69. The Hall–Kier alpha value is -2.18. The average Bonchev–Trinajstić information content (AvgIpc) is 2.80. The summed E-state index contributed by atoms with van der Waals surface area (Å²) in [4.78, 5) is 24.6. The van der Waals surface area contributed by atoms with Gasteiger partial charge in [-0.3, -0.25) is 4.79 Å². The van der Waals surface area contributed by atoms with Gasteiger partial charge in [-0.2, -0.15) is 0 Å². The maximum absolute atomic E-state index is 13.2. The summed E-state index contributed by atoms with van der Waals surface area (Å²) in [5, 5.41) is 4.83. The Kier molecular flexibility index (Phi) is 5.41. The highest BCUT2D eigenvalue weighted by molar-refractivity contribution is 6.35. The number of hydrogen-bond acceptors (Lipinski definition) is 5. The van der Waals surface area contributed by atoms with Crippen LogP contribution in [0.15, 0.2) is 40.7 Å². The van der Waals surface area contributed by atoms with Crippen LogP contribution in [0.5, 0.6) is 0 Å². The van der Waals surface area contributed by atoms with Gasteiger partial charge >= 0.3 is 11.9 Å².